The number of nitrogens with one attached hydrogen (secondary N) is 1. The van der Waals surface area contributed by atoms with E-state index in [-0.39, 0.29) is 30.5 Å². The maximum atomic E-state index is 11.5. The van der Waals surface area contributed by atoms with Crippen molar-refractivity contribution in [3.8, 4) is 0 Å². The van der Waals surface area contributed by atoms with Crippen LogP contribution in [0.5, 0.6) is 0 Å². The molecule has 23 heavy (non-hydrogen) atoms. The lowest BCUT2D eigenvalue weighted by atomic mass is 10.2. The van der Waals surface area contributed by atoms with Gasteiger partial charge in [-0.05, 0) is 25.5 Å². The zero-order valence-electron chi connectivity index (χ0n) is 13.1. The SMILES string of the molecule is CCN(CCO)c1ncnc(Nc2ccccc2C)c1[N+](=O)[O-]. The topological polar surface area (TPSA) is 104 Å². The molecule has 0 saturated heterocycles. The average molecular weight is 317 g/mol. The Balaban J connectivity index is 2.48. The summed E-state index contributed by atoms with van der Waals surface area (Å²) >= 11 is 0. The third kappa shape index (κ3) is 3.72. The number of rotatable bonds is 7. The summed E-state index contributed by atoms with van der Waals surface area (Å²) in [6.45, 7) is 4.38. The fourth-order valence-corrected chi connectivity index (χ4v) is 2.24. The Bertz CT molecular complexity index is 693. The zero-order chi connectivity index (χ0) is 16.8. The van der Waals surface area contributed by atoms with E-state index >= 15 is 0 Å². The Morgan fingerprint density at radius 1 is 1.35 bits per heavy atom. The van der Waals surface area contributed by atoms with Crippen molar-refractivity contribution in [2.24, 2.45) is 0 Å². The molecular weight excluding hydrogens is 298 g/mol. The van der Waals surface area contributed by atoms with Crippen LogP contribution in [0.4, 0.5) is 23.0 Å². The van der Waals surface area contributed by atoms with E-state index < -0.39 is 4.92 Å². The van der Waals surface area contributed by atoms with E-state index in [1.54, 1.807) is 4.90 Å². The third-order valence-corrected chi connectivity index (χ3v) is 3.43. The fraction of sp³-hybridized carbons (Fsp3) is 0.333. The molecule has 0 spiro atoms. The van der Waals surface area contributed by atoms with Crippen LogP contribution in [0.1, 0.15) is 12.5 Å². The molecule has 0 aliphatic rings. The monoisotopic (exact) mass is 317 g/mol. The van der Waals surface area contributed by atoms with Crippen molar-refractivity contribution in [1.29, 1.82) is 0 Å². The second-order valence-corrected chi connectivity index (χ2v) is 4.89. The van der Waals surface area contributed by atoms with Crippen LogP contribution in [0.2, 0.25) is 0 Å². The Kier molecular flexibility index (Phi) is 5.42. The number of hydrogen-bond donors (Lipinski definition) is 2. The maximum Gasteiger partial charge on any atom is 0.353 e. The number of aliphatic hydroxyl groups is 1. The minimum Gasteiger partial charge on any atom is -0.395 e. The Hall–Kier alpha value is -2.74. The number of hydrogen-bond acceptors (Lipinski definition) is 7. The second-order valence-electron chi connectivity index (χ2n) is 4.89. The van der Waals surface area contributed by atoms with E-state index in [9.17, 15) is 10.1 Å². The van der Waals surface area contributed by atoms with Gasteiger partial charge >= 0.3 is 5.69 Å². The first-order valence-electron chi connectivity index (χ1n) is 7.26. The average Bonchev–Trinajstić information content (AvgIpc) is 2.54. The standard InChI is InChI=1S/C15H19N5O3/c1-3-19(8-9-21)15-13(20(22)23)14(16-10-17-15)18-12-7-5-4-6-11(12)2/h4-7,10,21H,3,8-9H2,1-2H3,(H,16,17,18). The normalized spacial score (nSPS) is 10.4. The molecule has 0 amide bonds. The molecule has 122 valence electrons. The van der Waals surface area contributed by atoms with Crippen molar-refractivity contribution >= 4 is 23.0 Å². The van der Waals surface area contributed by atoms with Gasteiger partial charge in [0.2, 0.25) is 11.6 Å². The molecule has 0 fully saturated rings. The highest BCUT2D eigenvalue weighted by atomic mass is 16.6. The van der Waals surface area contributed by atoms with Crippen molar-refractivity contribution in [3.63, 3.8) is 0 Å². The lowest BCUT2D eigenvalue weighted by Crippen LogP contribution is -2.28. The van der Waals surface area contributed by atoms with E-state index in [2.05, 4.69) is 15.3 Å². The van der Waals surface area contributed by atoms with Crippen molar-refractivity contribution in [2.75, 3.05) is 29.9 Å². The van der Waals surface area contributed by atoms with Crippen LogP contribution >= 0.6 is 0 Å². The van der Waals surface area contributed by atoms with Crippen molar-refractivity contribution in [1.82, 2.24) is 9.97 Å². The van der Waals surface area contributed by atoms with Gasteiger partial charge in [-0.3, -0.25) is 10.1 Å². The number of aryl methyl sites for hydroxylation is 1. The first-order valence-corrected chi connectivity index (χ1v) is 7.26. The van der Waals surface area contributed by atoms with Gasteiger partial charge in [0, 0.05) is 18.8 Å². The summed E-state index contributed by atoms with van der Waals surface area (Å²) in [4.78, 5) is 20.7. The van der Waals surface area contributed by atoms with E-state index in [4.69, 9.17) is 5.11 Å². The first kappa shape index (κ1) is 16.6. The van der Waals surface area contributed by atoms with Crippen molar-refractivity contribution in [3.05, 3.63) is 46.3 Å². The first-order chi connectivity index (χ1) is 11.1. The van der Waals surface area contributed by atoms with Gasteiger partial charge < -0.3 is 15.3 Å². The summed E-state index contributed by atoms with van der Waals surface area (Å²) < 4.78 is 0. The van der Waals surface area contributed by atoms with Gasteiger partial charge in [-0.2, -0.15) is 0 Å². The van der Waals surface area contributed by atoms with Gasteiger partial charge in [-0.25, -0.2) is 9.97 Å². The molecule has 2 aromatic rings. The predicted molar refractivity (Wildman–Crippen MR) is 88.1 cm³/mol. The highest BCUT2D eigenvalue weighted by Gasteiger charge is 2.26. The molecule has 0 aliphatic carbocycles. The van der Waals surface area contributed by atoms with Gasteiger partial charge in [-0.1, -0.05) is 18.2 Å². The second kappa shape index (κ2) is 7.50. The molecule has 1 aromatic heterocycles. The van der Waals surface area contributed by atoms with Gasteiger partial charge in [-0.15, -0.1) is 0 Å². The smallest absolute Gasteiger partial charge is 0.353 e. The molecule has 8 nitrogen and oxygen atoms in total. The largest absolute Gasteiger partial charge is 0.395 e. The van der Waals surface area contributed by atoms with E-state index in [0.717, 1.165) is 11.3 Å². The number of anilines is 3. The van der Waals surface area contributed by atoms with Crippen LogP contribution in [0.25, 0.3) is 0 Å². The molecule has 1 heterocycles. The van der Waals surface area contributed by atoms with Gasteiger partial charge in [0.05, 0.1) is 11.5 Å². The number of para-hydroxylation sites is 1. The number of aromatic nitrogens is 2. The number of aliphatic hydroxyl groups excluding tert-OH is 1. The van der Waals surface area contributed by atoms with Crippen LogP contribution in [-0.4, -0.2) is 39.7 Å². The van der Waals surface area contributed by atoms with Gasteiger partial charge in [0.25, 0.3) is 0 Å². The van der Waals surface area contributed by atoms with E-state index in [0.29, 0.717) is 6.54 Å². The van der Waals surface area contributed by atoms with Gasteiger partial charge in [0.15, 0.2) is 0 Å². The maximum absolute atomic E-state index is 11.5. The van der Waals surface area contributed by atoms with Crippen molar-refractivity contribution < 1.29 is 10.0 Å². The molecule has 2 rings (SSSR count). The molecule has 0 atom stereocenters. The molecule has 1 aromatic carbocycles. The highest BCUT2D eigenvalue weighted by molar-refractivity contribution is 5.75. The number of benzene rings is 1. The molecule has 2 N–H and O–H groups in total. The lowest BCUT2D eigenvalue weighted by molar-refractivity contribution is -0.383. The molecule has 0 saturated carbocycles. The predicted octanol–water partition coefficient (Wildman–Crippen LogP) is 2.26. The zero-order valence-corrected chi connectivity index (χ0v) is 13.1. The molecule has 0 aliphatic heterocycles. The number of nitro groups is 1. The van der Waals surface area contributed by atoms with E-state index in [1.807, 2.05) is 38.1 Å². The van der Waals surface area contributed by atoms with Crippen LogP contribution in [0.15, 0.2) is 30.6 Å². The Labute approximate surface area is 134 Å². The summed E-state index contributed by atoms with van der Waals surface area (Å²) in [5, 5.41) is 23.7. The Morgan fingerprint density at radius 3 is 2.70 bits per heavy atom. The quantitative estimate of drug-likeness (QED) is 0.596. The molecule has 0 unspecified atom stereocenters. The van der Waals surface area contributed by atoms with Gasteiger partial charge in [0.1, 0.15) is 6.33 Å². The van der Waals surface area contributed by atoms with Crippen LogP contribution in [0.3, 0.4) is 0 Å². The molecular formula is C15H19N5O3. The summed E-state index contributed by atoms with van der Waals surface area (Å²) in [6, 6.07) is 7.46. The number of nitrogens with zero attached hydrogens (tertiary/aromatic N) is 4. The third-order valence-electron chi connectivity index (χ3n) is 3.43. The molecule has 0 radical (unpaired) electrons. The minimum atomic E-state index is -0.504. The Morgan fingerprint density at radius 2 is 2.09 bits per heavy atom. The van der Waals surface area contributed by atoms with E-state index in [1.165, 1.54) is 6.33 Å². The lowest BCUT2D eigenvalue weighted by Gasteiger charge is -2.21. The summed E-state index contributed by atoms with van der Waals surface area (Å²) in [5.41, 5.74) is 1.49. The van der Waals surface area contributed by atoms with Crippen LogP contribution in [0, 0.1) is 17.0 Å². The van der Waals surface area contributed by atoms with Crippen molar-refractivity contribution in [2.45, 2.75) is 13.8 Å². The summed E-state index contributed by atoms with van der Waals surface area (Å²) in [7, 11) is 0. The number of likely N-dealkylation sites (N-methyl/N-ethyl adjacent to an activating group) is 1. The molecule has 8 heteroatoms. The highest BCUT2D eigenvalue weighted by Crippen LogP contribution is 2.33. The fourth-order valence-electron chi connectivity index (χ4n) is 2.24. The molecule has 0 bridgehead atoms. The minimum absolute atomic E-state index is 0.116. The van der Waals surface area contributed by atoms with Crippen LogP contribution in [-0.2, 0) is 0 Å². The summed E-state index contributed by atoms with van der Waals surface area (Å²) in [6.07, 6.45) is 1.28. The summed E-state index contributed by atoms with van der Waals surface area (Å²) in [5.74, 6) is 0.323. The van der Waals surface area contributed by atoms with Crippen LogP contribution < -0.4 is 10.2 Å².